The molecule has 0 aromatic carbocycles. The van der Waals surface area contributed by atoms with E-state index < -0.39 is 7.30 Å². The summed E-state index contributed by atoms with van der Waals surface area (Å²) < 4.78 is 0. The molecule has 0 aliphatic heterocycles. The molecular formula is C2H8N2P8PdZn. The molecule has 0 saturated heterocycles. The SMILES string of the molecule is N#CPP(C#N)PPP(P)PP.[Pd].[Zn]. The van der Waals surface area contributed by atoms with Gasteiger partial charge in [-0.3, -0.25) is 0 Å². The summed E-state index contributed by atoms with van der Waals surface area (Å²) in [7, 11) is 7.82. The van der Waals surface area contributed by atoms with Gasteiger partial charge in [-0.2, -0.15) is 10.5 Å². The van der Waals surface area contributed by atoms with Gasteiger partial charge in [0.1, 0.15) is 0 Å². The van der Waals surface area contributed by atoms with Crippen LogP contribution in [0, 0.1) is 22.1 Å². The van der Waals surface area contributed by atoms with Gasteiger partial charge in [-0.15, -0.1) is 17.9 Å². The monoisotopic (exact) mass is 478 g/mol. The number of hydrogen-bond acceptors (Lipinski definition) is 2. The van der Waals surface area contributed by atoms with Crippen molar-refractivity contribution < 1.29 is 39.9 Å². The van der Waals surface area contributed by atoms with Gasteiger partial charge in [-0.1, -0.05) is 15.9 Å². The number of rotatable bonds is 5. The summed E-state index contributed by atoms with van der Waals surface area (Å²) in [6, 6.07) is 0. The standard InChI is InChI=1S/C2H8N2P8.Pd.Zn/c3-1-7-11(2-4)9-10-12(6)8-5;;/h7-10H,5-6H2;;. The molecule has 8 unspecified atom stereocenters. The van der Waals surface area contributed by atoms with Gasteiger partial charge < -0.3 is 0 Å². The van der Waals surface area contributed by atoms with Crippen molar-refractivity contribution in [3.05, 3.63) is 0 Å². The molecule has 2 nitrogen and oxygen atoms in total. The summed E-state index contributed by atoms with van der Waals surface area (Å²) in [5.74, 6) is 4.36. The third kappa shape index (κ3) is 13.8. The molecule has 0 aliphatic carbocycles. The van der Waals surface area contributed by atoms with Crippen LogP contribution in [0.2, 0.25) is 0 Å². The molecular weight excluding hydrogens is 472 g/mol. The Bertz CT molecular complexity index is 202. The first-order valence-corrected chi connectivity index (χ1v) is 17.1. The van der Waals surface area contributed by atoms with Crippen LogP contribution in [0.15, 0.2) is 0 Å². The topological polar surface area (TPSA) is 47.6 Å². The Labute approximate surface area is 125 Å². The van der Waals surface area contributed by atoms with Crippen molar-refractivity contribution in [3.63, 3.8) is 0 Å². The van der Waals surface area contributed by atoms with Gasteiger partial charge in [-0.25, -0.2) is 0 Å². The van der Waals surface area contributed by atoms with E-state index in [9.17, 15) is 0 Å². The van der Waals surface area contributed by atoms with Crippen molar-refractivity contribution in [3.8, 4) is 11.6 Å². The Kier molecular flexibility index (Phi) is 27.3. The number of nitriles is 2. The van der Waals surface area contributed by atoms with E-state index in [4.69, 9.17) is 10.5 Å². The van der Waals surface area contributed by atoms with Gasteiger partial charge >= 0.3 is 0 Å². The summed E-state index contributed by atoms with van der Waals surface area (Å²) in [5.41, 5.74) is 0. The molecule has 0 N–H and O–H groups in total. The molecule has 12 heteroatoms. The van der Waals surface area contributed by atoms with Crippen LogP contribution in [-0.4, -0.2) is 0 Å². The van der Waals surface area contributed by atoms with E-state index in [0.29, 0.717) is 0 Å². The fourth-order valence-corrected chi connectivity index (χ4v) is 33.1. The predicted octanol–water partition coefficient (Wildman–Crippen LogP) is 4.78. The second-order valence-electron chi connectivity index (χ2n) is 1.38. The Morgan fingerprint density at radius 1 is 1.21 bits per heavy atom. The van der Waals surface area contributed by atoms with Crippen molar-refractivity contribution in [2.75, 3.05) is 0 Å². The van der Waals surface area contributed by atoms with Gasteiger partial charge in [0, 0.05) is 48.2 Å². The van der Waals surface area contributed by atoms with Crippen LogP contribution in [-0.2, 0) is 39.9 Å². The van der Waals surface area contributed by atoms with Gasteiger partial charge in [0.2, 0.25) is 0 Å². The Morgan fingerprint density at radius 3 is 2.14 bits per heavy atom. The van der Waals surface area contributed by atoms with Crippen molar-refractivity contribution in [1.29, 1.82) is 10.5 Å². The summed E-state index contributed by atoms with van der Waals surface area (Å²) in [6.45, 7) is 0.0804. The summed E-state index contributed by atoms with van der Waals surface area (Å²) in [5, 5.41) is 17.1. The largest absolute Gasteiger partial charge is 0.193 e. The first kappa shape index (κ1) is 22.8. The molecule has 14 heavy (non-hydrogen) atoms. The third-order valence-corrected chi connectivity index (χ3v) is 34.5. The molecule has 0 rings (SSSR count). The van der Waals surface area contributed by atoms with Crippen molar-refractivity contribution in [2.45, 2.75) is 0 Å². The van der Waals surface area contributed by atoms with Gasteiger partial charge in [-0.05, 0) is 14.9 Å². The Morgan fingerprint density at radius 2 is 1.79 bits per heavy atom. The number of hydrogen-bond donors (Lipinski definition) is 0. The molecule has 0 saturated carbocycles. The van der Waals surface area contributed by atoms with E-state index in [1.807, 2.05) is 0 Å². The van der Waals surface area contributed by atoms with Crippen LogP contribution in [0.1, 0.15) is 0 Å². The van der Waals surface area contributed by atoms with E-state index in [-0.39, 0.29) is 55.2 Å². The fraction of sp³-hybridized carbons (Fsp3) is 0. The minimum Gasteiger partial charge on any atom is -0.193 e. The maximum atomic E-state index is 8.69. The van der Waals surface area contributed by atoms with Gasteiger partial charge in [0.25, 0.3) is 0 Å². The zero-order chi connectivity index (χ0) is 9.40. The Balaban J connectivity index is -0.000000605. The zero-order valence-electron chi connectivity index (χ0n) is 6.97. The smallest absolute Gasteiger partial charge is 0.0975 e. The molecule has 0 aromatic heterocycles. The van der Waals surface area contributed by atoms with Crippen LogP contribution in [0.25, 0.3) is 0 Å². The number of nitrogens with zero attached hydrogens (tertiary/aromatic N) is 2. The molecule has 0 radical (unpaired) electrons. The third-order valence-electron chi connectivity index (χ3n) is 0.683. The maximum absolute atomic E-state index is 8.69. The van der Waals surface area contributed by atoms with E-state index in [0.717, 1.165) is 23.9 Å². The molecule has 0 aromatic rings. The average Bonchev–Trinajstić information content (AvgIpc) is 2.11. The molecule has 0 bridgehead atoms. The van der Waals surface area contributed by atoms with E-state index >= 15 is 0 Å². The first-order valence-electron chi connectivity index (χ1n) is 2.61. The van der Waals surface area contributed by atoms with E-state index in [1.54, 1.807) is 0 Å². The zero-order valence-corrected chi connectivity index (χ0v) is 19.6. The van der Waals surface area contributed by atoms with Gasteiger partial charge in [0.05, 0.1) is 18.9 Å². The van der Waals surface area contributed by atoms with Crippen LogP contribution >= 0.6 is 64.3 Å². The van der Waals surface area contributed by atoms with Crippen LogP contribution < -0.4 is 0 Å². The minimum atomic E-state index is -0.586. The Hall–Kier alpha value is 3.71. The molecule has 78 valence electrons. The van der Waals surface area contributed by atoms with Crippen LogP contribution in [0.5, 0.6) is 0 Å². The molecule has 0 amide bonds. The van der Waals surface area contributed by atoms with Gasteiger partial charge in [0.15, 0.2) is 0 Å². The molecule has 0 aliphatic rings. The minimum absolute atomic E-state index is 0. The predicted molar refractivity (Wildman–Crippen MR) is 77.7 cm³/mol. The van der Waals surface area contributed by atoms with E-state index in [1.165, 1.54) is 0 Å². The summed E-state index contributed by atoms with van der Waals surface area (Å²) >= 11 is 0. The normalized spacial score (nSPS) is 15.7. The van der Waals surface area contributed by atoms with E-state index in [2.05, 4.69) is 29.5 Å². The summed E-state index contributed by atoms with van der Waals surface area (Å²) in [4.78, 5) is 0. The molecule has 0 spiro atoms. The molecule has 0 fully saturated rings. The maximum Gasteiger partial charge on any atom is 0.0975 e. The summed E-state index contributed by atoms with van der Waals surface area (Å²) in [6.07, 6.45) is 0. The molecule has 0 heterocycles. The average molecular weight is 480 g/mol. The van der Waals surface area contributed by atoms with Crippen molar-refractivity contribution >= 4 is 64.3 Å². The van der Waals surface area contributed by atoms with Crippen LogP contribution in [0.4, 0.5) is 0 Å². The second kappa shape index (κ2) is 16.7. The first-order chi connectivity index (χ1) is 5.74. The second-order valence-corrected chi connectivity index (χ2v) is 26.2. The van der Waals surface area contributed by atoms with Crippen molar-refractivity contribution in [2.24, 2.45) is 0 Å². The van der Waals surface area contributed by atoms with Crippen molar-refractivity contribution in [1.82, 2.24) is 0 Å². The quantitative estimate of drug-likeness (QED) is 0.421. The fourth-order valence-electron chi connectivity index (χ4n) is 0.264. The molecule has 8 atom stereocenters. The van der Waals surface area contributed by atoms with Crippen LogP contribution in [0.3, 0.4) is 0 Å².